The van der Waals surface area contributed by atoms with Gasteiger partial charge in [0.05, 0.1) is 36.1 Å². The predicted octanol–water partition coefficient (Wildman–Crippen LogP) is 3.82. The average Bonchev–Trinajstić information content (AvgIpc) is 2.79. The van der Waals surface area contributed by atoms with Crippen LogP contribution in [0.25, 0.3) is 11.0 Å². The zero-order valence-electron chi connectivity index (χ0n) is 18.4. The molecule has 0 saturated heterocycles. The molecule has 1 atom stereocenters. The number of rotatable bonds is 11. The molecule has 0 aliphatic heterocycles. The van der Waals surface area contributed by atoms with Gasteiger partial charge >= 0.3 is 13.6 Å². The van der Waals surface area contributed by atoms with Crippen LogP contribution in [0.1, 0.15) is 35.5 Å². The Balaban J connectivity index is 1.68. The molecule has 0 aliphatic rings. The maximum atomic E-state index is 12.7. The summed E-state index contributed by atoms with van der Waals surface area (Å²) in [6.07, 6.45) is 1.58. The molecule has 1 aromatic heterocycles. The highest BCUT2D eigenvalue weighted by molar-refractivity contribution is 7.53. The van der Waals surface area contributed by atoms with E-state index in [1.165, 1.54) is 6.20 Å². The Morgan fingerprint density at radius 3 is 2.27 bits per heavy atom. The minimum absolute atomic E-state index is 0.0110. The second-order valence-electron chi connectivity index (χ2n) is 7.22. The molecule has 0 unspecified atom stereocenters. The largest absolute Gasteiger partial charge is 0.480 e. The maximum Gasteiger partial charge on any atom is 0.335 e. The van der Waals surface area contributed by atoms with Gasteiger partial charge in [-0.1, -0.05) is 24.3 Å². The Morgan fingerprint density at radius 1 is 1.03 bits per heavy atom. The Kier molecular flexibility index (Phi) is 8.27. The van der Waals surface area contributed by atoms with Gasteiger partial charge in [-0.3, -0.25) is 14.3 Å². The van der Waals surface area contributed by atoms with E-state index in [2.05, 4.69) is 15.3 Å². The van der Waals surface area contributed by atoms with Crippen molar-refractivity contribution in [2.45, 2.75) is 32.5 Å². The van der Waals surface area contributed by atoms with Crippen molar-refractivity contribution in [3.05, 3.63) is 71.5 Å². The molecule has 0 radical (unpaired) electrons. The first-order valence-corrected chi connectivity index (χ1v) is 12.3. The monoisotopic (exact) mass is 471 g/mol. The predicted molar refractivity (Wildman–Crippen MR) is 123 cm³/mol. The molecular formula is C23H26N3O6P. The molecule has 3 rings (SSSR count). The topological polar surface area (TPSA) is 128 Å². The summed E-state index contributed by atoms with van der Waals surface area (Å²) in [5, 5.41) is 12.1. The van der Waals surface area contributed by atoms with Gasteiger partial charge < -0.3 is 19.5 Å². The van der Waals surface area contributed by atoms with E-state index in [0.29, 0.717) is 22.3 Å². The van der Waals surface area contributed by atoms with Crippen LogP contribution in [0.4, 0.5) is 0 Å². The second-order valence-corrected chi connectivity index (χ2v) is 9.27. The molecule has 2 N–H and O–H groups in total. The van der Waals surface area contributed by atoms with Crippen LogP contribution in [0.15, 0.2) is 54.7 Å². The van der Waals surface area contributed by atoms with E-state index < -0.39 is 25.5 Å². The number of nitrogens with one attached hydrogen (secondary N) is 1. The first kappa shape index (κ1) is 24.5. The number of benzene rings is 2. The molecule has 0 aliphatic carbocycles. The number of carboxylic acid groups (broad SMARTS) is 1. The van der Waals surface area contributed by atoms with E-state index >= 15 is 0 Å². The Morgan fingerprint density at radius 2 is 1.67 bits per heavy atom. The van der Waals surface area contributed by atoms with Gasteiger partial charge in [-0.05, 0) is 43.7 Å². The number of carbonyl (C=O) groups is 2. The van der Waals surface area contributed by atoms with Gasteiger partial charge in [-0.25, -0.2) is 9.78 Å². The molecule has 33 heavy (non-hydrogen) atoms. The van der Waals surface area contributed by atoms with Crippen molar-refractivity contribution in [3.63, 3.8) is 0 Å². The van der Waals surface area contributed by atoms with Crippen molar-refractivity contribution in [1.82, 2.24) is 15.3 Å². The summed E-state index contributed by atoms with van der Waals surface area (Å²) in [4.78, 5) is 33.1. The maximum absolute atomic E-state index is 12.7. The van der Waals surface area contributed by atoms with Crippen LogP contribution in [0.3, 0.4) is 0 Å². The van der Waals surface area contributed by atoms with Crippen molar-refractivity contribution in [1.29, 1.82) is 0 Å². The number of hydrogen-bond acceptors (Lipinski definition) is 7. The van der Waals surface area contributed by atoms with Crippen molar-refractivity contribution in [2.75, 3.05) is 13.2 Å². The van der Waals surface area contributed by atoms with E-state index in [0.717, 1.165) is 0 Å². The first-order valence-electron chi connectivity index (χ1n) is 10.5. The van der Waals surface area contributed by atoms with Crippen molar-refractivity contribution >= 4 is 30.5 Å². The van der Waals surface area contributed by atoms with Crippen LogP contribution in [0, 0.1) is 0 Å². The van der Waals surface area contributed by atoms with Gasteiger partial charge in [0.15, 0.2) is 0 Å². The number of amides is 1. The highest BCUT2D eigenvalue weighted by Gasteiger charge is 2.25. The summed E-state index contributed by atoms with van der Waals surface area (Å²) in [5.74, 6) is -1.72. The van der Waals surface area contributed by atoms with Crippen molar-refractivity contribution in [3.8, 4) is 0 Å². The third-order valence-electron chi connectivity index (χ3n) is 4.76. The molecule has 1 amide bonds. The van der Waals surface area contributed by atoms with Crippen molar-refractivity contribution < 1.29 is 28.3 Å². The van der Waals surface area contributed by atoms with E-state index in [1.807, 2.05) is 18.2 Å². The average molecular weight is 471 g/mol. The minimum atomic E-state index is -3.26. The Bertz CT molecular complexity index is 1160. The number of hydrogen-bond donors (Lipinski definition) is 2. The molecule has 9 nitrogen and oxygen atoms in total. The zero-order valence-corrected chi connectivity index (χ0v) is 19.3. The zero-order chi connectivity index (χ0) is 23.8. The van der Waals surface area contributed by atoms with E-state index in [9.17, 15) is 19.3 Å². The van der Waals surface area contributed by atoms with Gasteiger partial charge in [0, 0.05) is 18.2 Å². The third-order valence-corrected chi connectivity index (χ3v) is 6.81. The molecule has 0 bridgehead atoms. The normalized spacial score (nSPS) is 12.4. The number of aromatic nitrogens is 2. The summed E-state index contributed by atoms with van der Waals surface area (Å²) < 4.78 is 23.3. The van der Waals surface area contributed by atoms with E-state index in [-0.39, 0.29) is 31.4 Å². The summed E-state index contributed by atoms with van der Waals surface area (Å²) in [7, 11) is -3.26. The quantitative estimate of drug-likeness (QED) is 0.404. The summed E-state index contributed by atoms with van der Waals surface area (Å²) in [6.45, 7) is 3.99. The molecular weight excluding hydrogens is 445 g/mol. The number of carboxylic acids is 1. The first-order chi connectivity index (χ1) is 15.8. The minimum Gasteiger partial charge on any atom is -0.480 e. The molecule has 0 fully saturated rings. The van der Waals surface area contributed by atoms with E-state index in [4.69, 9.17) is 9.05 Å². The van der Waals surface area contributed by atoms with Gasteiger partial charge in [0.1, 0.15) is 6.04 Å². The lowest BCUT2D eigenvalue weighted by Crippen LogP contribution is -2.42. The summed E-state index contributed by atoms with van der Waals surface area (Å²) >= 11 is 0. The van der Waals surface area contributed by atoms with Crippen LogP contribution < -0.4 is 5.32 Å². The lowest BCUT2D eigenvalue weighted by molar-refractivity contribution is -0.139. The van der Waals surface area contributed by atoms with Crippen LogP contribution in [0.2, 0.25) is 0 Å². The van der Waals surface area contributed by atoms with Crippen LogP contribution in [0.5, 0.6) is 0 Å². The van der Waals surface area contributed by atoms with Crippen LogP contribution in [-0.4, -0.2) is 46.2 Å². The van der Waals surface area contributed by atoms with Gasteiger partial charge in [-0.15, -0.1) is 0 Å². The molecule has 174 valence electrons. The molecule has 1 heterocycles. The molecule has 0 saturated carbocycles. The van der Waals surface area contributed by atoms with E-state index in [1.54, 1.807) is 44.2 Å². The lowest BCUT2D eigenvalue weighted by Gasteiger charge is -2.17. The highest BCUT2D eigenvalue weighted by Crippen LogP contribution is 2.51. The van der Waals surface area contributed by atoms with Gasteiger partial charge in [0.2, 0.25) is 0 Å². The second kappa shape index (κ2) is 11.1. The number of para-hydroxylation sites is 2. The molecule has 0 spiro atoms. The van der Waals surface area contributed by atoms with Gasteiger partial charge in [-0.2, -0.15) is 0 Å². The smallest absolute Gasteiger partial charge is 0.335 e. The molecule has 3 aromatic rings. The van der Waals surface area contributed by atoms with Crippen LogP contribution in [-0.2, 0) is 31.0 Å². The standard InChI is InChI=1S/C23H26N3O6P/c1-3-31-33(30,32-4-2)15-16-9-11-17(12-10-16)22(27)26-21(23(28)29)13-18-14-24-19-7-5-6-8-20(19)25-18/h5-12,14,21H,3-4,13,15H2,1-2H3,(H,26,27)(H,28,29)/t21-/m1/s1. The summed E-state index contributed by atoms with van der Waals surface area (Å²) in [5.41, 5.74) is 2.77. The van der Waals surface area contributed by atoms with Crippen molar-refractivity contribution in [2.24, 2.45) is 0 Å². The Hall–Kier alpha value is -3.13. The lowest BCUT2D eigenvalue weighted by atomic mass is 10.1. The third kappa shape index (κ3) is 6.68. The number of nitrogens with zero attached hydrogens (tertiary/aromatic N) is 2. The Labute approximate surface area is 191 Å². The summed E-state index contributed by atoms with van der Waals surface area (Å²) in [6, 6.07) is 12.5. The fraction of sp³-hybridized carbons (Fsp3) is 0.304. The SMILES string of the molecule is CCOP(=O)(Cc1ccc(C(=O)N[C@H](Cc2cnc3ccccc3n2)C(=O)O)cc1)OCC. The number of aliphatic carboxylic acids is 1. The van der Waals surface area contributed by atoms with Gasteiger partial charge in [0.25, 0.3) is 5.91 Å². The highest BCUT2D eigenvalue weighted by atomic mass is 31.2. The number of fused-ring (bicyclic) bond motifs is 1. The molecule has 10 heteroatoms. The van der Waals surface area contributed by atoms with Crippen LogP contribution >= 0.6 is 7.60 Å². The fourth-order valence-electron chi connectivity index (χ4n) is 3.25. The molecule has 2 aromatic carbocycles. The number of carbonyl (C=O) groups excluding carboxylic acids is 1. The fourth-order valence-corrected chi connectivity index (χ4v) is 4.95.